The zero-order valence-electron chi connectivity index (χ0n) is 7.88. The minimum absolute atomic E-state index is 0.0417. The van der Waals surface area contributed by atoms with Crippen molar-refractivity contribution >= 4 is 22.5 Å². The number of rotatable bonds is 0. The highest BCUT2D eigenvalue weighted by molar-refractivity contribution is 7.31. The molecule has 11 heteroatoms. The van der Waals surface area contributed by atoms with E-state index in [9.17, 15) is 4.79 Å². The van der Waals surface area contributed by atoms with Gasteiger partial charge in [0.2, 0.25) is 0 Å². The summed E-state index contributed by atoms with van der Waals surface area (Å²) in [6.07, 6.45) is 0. The second-order valence-electron chi connectivity index (χ2n) is 2.22. The predicted octanol–water partition coefficient (Wildman–Crippen LogP) is -1.64. The molecule has 0 unspecified atom stereocenters. The fraction of sp³-hybridized carbons (Fsp3) is 0.750. The molecule has 0 aliphatic carbocycles. The van der Waals surface area contributed by atoms with Gasteiger partial charge in [0, 0.05) is 20.1 Å². The normalized spacial score (nSPS) is 14.1. The molecule has 2 amide bonds. The van der Waals surface area contributed by atoms with Crippen molar-refractivity contribution in [2.45, 2.75) is 0 Å². The number of nitrogens with zero attached hydrogens (tertiary/aromatic N) is 1. The van der Waals surface area contributed by atoms with Gasteiger partial charge >= 0.3 is 22.5 Å². The molecule has 92 valence electrons. The van der Waals surface area contributed by atoms with E-state index in [1.54, 1.807) is 11.9 Å². The molecule has 0 saturated carbocycles. The van der Waals surface area contributed by atoms with E-state index >= 15 is 0 Å². The summed E-state index contributed by atoms with van der Waals surface area (Å²) in [4.78, 5) is 40.7. The van der Waals surface area contributed by atoms with Crippen LogP contribution in [0.15, 0.2) is 0 Å². The molecule has 0 spiro atoms. The summed E-state index contributed by atoms with van der Waals surface area (Å²) in [5, 5.41) is 2.66. The monoisotopic (exact) mass is 264 g/mol. The van der Waals surface area contributed by atoms with Gasteiger partial charge in [0.05, 0.1) is 0 Å². The first-order valence-electron chi connectivity index (χ1n) is 3.60. The molecule has 0 atom stereocenters. The van der Waals surface area contributed by atoms with Crippen LogP contribution in [0.5, 0.6) is 0 Å². The lowest BCUT2D eigenvalue weighted by Gasteiger charge is -2.01. The second kappa shape index (κ2) is 10.1. The van der Waals surface area contributed by atoms with Crippen LogP contribution in [-0.4, -0.2) is 50.6 Å². The summed E-state index contributed by atoms with van der Waals surface area (Å²) in [7, 11) is -4.48. The van der Waals surface area contributed by atoms with Gasteiger partial charge in [-0.1, -0.05) is 0 Å². The number of likely N-dealkylation sites (N-methyl/N-ethyl adjacent to an activating group) is 1. The maximum atomic E-state index is 10.4. The predicted molar refractivity (Wildman–Crippen MR) is 52.9 cm³/mol. The smallest absolute Gasteiger partial charge is 0.317 e. The fourth-order valence-electron chi connectivity index (χ4n) is 0.567. The number of hydrogen-bond acceptors (Lipinski definition) is 3. The summed E-state index contributed by atoms with van der Waals surface area (Å²) in [5.41, 5.74) is 0. The van der Waals surface area contributed by atoms with E-state index < -0.39 is 16.5 Å². The van der Waals surface area contributed by atoms with Gasteiger partial charge in [-0.2, -0.15) is 0 Å². The molecule has 9 nitrogen and oxygen atoms in total. The summed E-state index contributed by atoms with van der Waals surface area (Å²) < 4.78 is 17.5. The lowest BCUT2D eigenvalue weighted by molar-refractivity contribution is 0.226. The molecule has 0 aromatic carbocycles. The zero-order chi connectivity index (χ0) is 12.4. The first-order chi connectivity index (χ1) is 6.77. The van der Waals surface area contributed by atoms with Gasteiger partial charge in [-0.25, -0.2) is 4.79 Å². The number of carbonyl (C=O) groups is 1. The van der Waals surface area contributed by atoms with E-state index in [4.69, 9.17) is 28.7 Å². The average Bonchev–Trinajstić information content (AvgIpc) is 2.33. The molecule has 1 aliphatic rings. The van der Waals surface area contributed by atoms with Crippen LogP contribution < -0.4 is 5.32 Å². The van der Waals surface area contributed by atoms with Crippen LogP contribution in [0.3, 0.4) is 0 Å². The molecule has 1 fully saturated rings. The van der Waals surface area contributed by atoms with E-state index in [0.29, 0.717) is 0 Å². The van der Waals surface area contributed by atoms with Crippen molar-refractivity contribution in [2.75, 3.05) is 20.1 Å². The Kier molecular flexibility index (Phi) is 11.4. The fourth-order valence-corrected chi connectivity index (χ4v) is 0.567. The van der Waals surface area contributed by atoms with Crippen LogP contribution in [0.4, 0.5) is 4.79 Å². The Bertz CT molecular complexity index is 215. The third-order valence-corrected chi connectivity index (χ3v) is 1.07. The first-order valence-corrected chi connectivity index (χ1v) is 6.20. The molecule has 1 rings (SSSR count). The Morgan fingerprint density at radius 1 is 1.20 bits per heavy atom. The maximum Gasteiger partial charge on any atom is 0.317 e. The molecule has 1 heterocycles. The van der Waals surface area contributed by atoms with Crippen molar-refractivity contribution in [3.05, 3.63) is 0 Å². The van der Waals surface area contributed by atoms with E-state index in [1.165, 1.54) is 0 Å². The molecule has 0 aromatic rings. The van der Waals surface area contributed by atoms with E-state index in [2.05, 4.69) is 5.32 Å². The Labute approximate surface area is 87.2 Å². The highest BCUT2D eigenvalue weighted by Crippen LogP contribution is 1.98. The number of carbonyl (C=O) groups excluding carboxylic acids is 1. The molecule has 1 saturated heterocycles. The maximum absolute atomic E-state index is 10.4. The summed E-state index contributed by atoms with van der Waals surface area (Å²) >= 11 is 0. The summed E-state index contributed by atoms with van der Waals surface area (Å²) in [6.45, 7) is 1.65. The lowest BCUT2D eigenvalue weighted by Crippen LogP contribution is -2.23. The summed E-state index contributed by atoms with van der Waals surface area (Å²) in [6, 6.07) is 0.0417. The molecule has 1 aliphatic heterocycles. The Balaban J connectivity index is 0. The van der Waals surface area contributed by atoms with E-state index in [1.807, 2.05) is 0 Å². The zero-order valence-corrected chi connectivity index (χ0v) is 9.88. The first kappa shape index (κ1) is 17.0. The van der Waals surface area contributed by atoms with Crippen LogP contribution in [-0.2, 0) is 9.13 Å². The molecule has 0 radical (unpaired) electrons. The standard InChI is InChI=1S/C4H8N2O.2H3O3P/c1-6-3-2-5-4(6)7;2*1-4(2)3/h2-3H2,1H3,(H,5,7);2*4H,(H2,1,2,3). The van der Waals surface area contributed by atoms with Gasteiger partial charge in [-0.05, 0) is 0 Å². The Morgan fingerprint density at radius 2 is 1.53 bits per heavy atom. The third-order valence-electron chi connectivity index (χ3n) is 1.07. The number of urea groups is 1. The van der Waals surface area contributed by atoms with Crippen LogP contribution in [0.2, 0.25) is 0 Å². The van der Waals surface area contributed by atoms with Gasteiger partial charge in [-0.3, -0.25) is 9.13 Å². The SMILES string of the molecule is CN1CCNC1=O.O=[PH](O)O.O=[PH](O)O. The van der Waals surface area contributed by atoms with Crippen LogP contribution in [0.25, 0.3) is 0 Å². The molecular weight excluding hydrogens is 250 g/mol. The van der Waals surface area contributed by atoms with Gasteiger partial charge in [0.25, 0.3) is 0 Å². The Hall–Kier alpha value is -0.430. The van der Waals surface area contributed by atoms with E-state index in [-0.39, 0.29) is 6.03 Å². The van der Waals surface area contributed by atoms with Crippen molar-refractivity contribution in [2.24, 2.45) is 0 Å². The van der Waals surface area contributed by atoms with Crippen molar-refractivity contribution in [3.8, 4) is 0 Å². The van der Waals surface area contributed by atoms with Crippen LogP contribution >= 0.6 is 16.5 Å². The van der Waals surface area contributed by atoms with E-state index in [0.717, 1.165) is 13.1 Å². The van der Waals surface area contributed by atoms with Gasteiger partial charge in [-0.15, -0.1) is 0 Å². The van der Waals surface area contributed by atoms with Crippen molar-refractivity contribution in [1.82, 2.24) is 10.2 Å². The highest BCUT2D eigenvalue weighted by Gasteiger charge is 2.12. The van der Waals surface area contributed by atoms with Gasteiger partial charge in [0.15, 0.2) is 0 Å². The Morgan fingerprint density at radius 3 is 1.60 bits per heavy atom. The quantitative estimate of drug-likeness (QED) is 0.329. The second-order valence-corrected chi connectivity index (χ2v) is 3.35. The largest absolute Gasteiger partial charge is 0.336 e. The molecule has 0 aromatic heterocycles. The van der Waals surface area contributed by atoms with Crippen LogP contribution in [0.1, 0.15) is 0 Å². The van der Waals surface area contributed by atoms with Crippen LogP contribution in [0, 0.1) is 0 Å². The summed E-state index contributed by atoms with van der Waals surface area (Å²) in [5.74, 6) is 0. The number of nitrogens with one attached hydrogen (secondary N) is 1. The van der Waals surface area contributed by atoms with Crippen molar-refractivity contribution < 1.29 is 33.5 Å². The molecule has 15 heavy (non-hydrogen) atoms. The van der Waals surface area contributed by atoms with Gasteiger partial charge in [0.1, 0.15) is 0 Å². The van der Waals surface area contributed by atoms with Crippen molar-refractivity contribution in [1.29, 1.82) is 0 Å². The topological polar surface area (TPSA) is 147 Å². The molecule has 5 N–H and O–H groups in total. The molecular formula is C4H14N2O7P2. The average molecular weight is 264 g/mol. The lowest BCUT2D eigenvalue weighted by atomic mass is 10.7. The molecule has 0 bridgehead atoms. The third kappa shape index (κ3) is 19.8. The van der Waals surface area contributed by atoms with Crippen molar-refractivity contribution in [3.63, 3.8) is 0 Å². The number of hydrogen-bond donors (Lipinski definition) is 5. The van der Waals surface area contributed by atoms with Gasteiger partial charge < -0.3 is 29.8 Å². The number of amides is 2. The highest BCUT2D eigenvalue weighted by atomic mass is 31.1. The minimum Gasteiger partial charge on any atom is -0.336 e. The minimum atomic E-state index is -3.13.